The predicted octanol–water partition coefficient (Wildman–Crippen LogP) is 2.44. The smallest absolute Gasteiger partial charge is 0.250 e. The van der Waals surface area contributed by atoms with Crippen LogP contribution >= 0.6 is 0 Å². The molecular formula is C13H17NO2. The molecule has 0 bridgehead atoms. The molecule has 0 spiro atoms. The zero-order valence-corrected chi connectivity index (χ0v) is 9.53. The Labute approximate surface area is 95.8 Å². The molecule has 1 fully saturated rings. The van der Waals surface area contributed by atoms with Gasteiger partial charge in [-0.25, -0.2) is 0 Å². The van der Waals surface area contributed by atoms with E-state index in [9.17, 15) is 4.79 Å². The number of hydrogen-bond donors (Lipinski definition) is 1. The second-order valence-electron chi connectivity index (χ2n) is 4.72. The van der Waals surface area contributed by atoms with E-state index in [1.165, 1.54) is 12.8 Å². The maximum atomic E-state index is 11.5. The number of amides is 1. The molecule has 0 radical (unpaired) electrons. The van der Waals surface area contributed by atoms with E-state index in [-0.39, 0.29) is 12.5 Å². The predicted molar refractivity (Wildman–Crippen MR) is 63.2 cm³/mol. The van der Waals surface area contributed by atoms with Crippen LogP contribution in [-0.4, -0.2) is 19.1 Å². The van der Waals surface area contributed by atoms with Crippen LogP contribution < -0.4 is 5.32 Å². The lowest BCUT2D eigenvalue weighted by atomic mass is 10.2. The van der Waals surface area contributed by atoms with Crippen molar-refractivity contribution in [2.75, 3.05) is 18.5 Å². The van der Waals surface area contributed by atoms with Crippen LogP contribution in [0.4, 0.5) is 5.69 Å². The summed E-state index contributed by atoms with van der Waals surface area (Å²) in [5, 5.41) is 2.78. The summed E-state index contributed by atoms with van der Waals surface area (Å²) in [7, 11) is 0. The van der Waals surface area contributed by atoms with E-state index in [0.717, 1.165) is 5.69 Å². The summed E-state index contributed by atoms with van der Waals surface area (Å²) < 4.78 is 5.38. The van der Waals surface area contributed by atoms with Crippen molar-refractivity contribution >= 4 is 11.6 Å². The van der Waals surface area contributed by atoms with Crippen LogP contribution in [0.5, 0.6) is 0 Å². The highest BCUT2D eigenvalue weighted by molar-refractivity contribution is 5.91. The van der Waals surface area contributed by atoms with Gasteiger partial charge >= 0.3 is 0 Å². The number of anilines is 1. The summed E-state index contributed by atoms with van der Waals surface area (Å²) in [5.74, 6) is -0.0875. The molecule has 3 heteroatoms. The van der Waals surface area contributed by atoms with Crippen molar-refractivity contribution in [2.45, 2.75) is 19.8 Å². The molecule has 1 saturated carbocycles. The Kier molecular flexibility index (Phi) is 3.25. The molecule has 1 N–H and O–H groups in total. The van der Waals surface area contributed by atoms with Gasteiger partial charge in [-0.05, 0) is 30.4 Å². The fraction of sp³-hybridized carbons (Fsp3) is 0.462. The van der Waals surface area contributed by atoms with Gasteiger partial charge in [0.05, 0.1) is 6.61 Å². The zero-order valence-electron chi connectivity index (χ0n) is 9.53. The minimum absolute atomic E-state index is 0.0875. The number of carbonyl (C=O) groups excluding carboxylic acids is 1. The maximum absolute atomic E-state index is 11.5. The Bertz CT molecular complexity index is 357. The van der Waals surface area contributed by atoms with E-state index in [0.29, 0.717) is 12.0 Å². The van der Waals surface area contributed by atoms with Crippen LogP contribution in [-0.2, 0) is 9.53 Å². The second-order valence-corrected chi connectivity index (χ2v) is 4.72. The Hall–Kier alpha value is -1.35. The van der Waals surface area contributed by atoms with E-state index in [1.807, 2.05) is 30.3 Å². The van der Waals surface area contributed by atoms with Gasteiger partial charge in [0.2, 0.25) is 5.91 Å². The van der Waals surface area contributed by atoms with E-state index >= 15 is 0 Å². The topological polar surface area (TPSA) is 38.3 Å². The highest BCUT2D eigenvalue weighted by Gasteiger charge is 2.37. The van der Waals surface area contributed by atoms with Gasteiger partial charge in [-0.1, -0.05) is 25.1 Å². The molecule has 1 aromatic carbocycles. The van der Waals surface area contributed by atoms with Gasteiger partial charge in [-0.15, -0.1) is 0 Å². The fourth-order valence-electron chi connectivity index (χ4n) is 1.47. The number of benzene rings is 1. The summed E-state index contributed by atoms with van der Waals surface area (Å²) >= 11 is 0. The van der Waals surface area contributed by atoms with Crippen LogP contribution in [0.3, 0.4) is 0 Å². The van der Waals surface area contributed by atoms with Crippen LogP contribution in [0, 0.1) is 5.41 Å². The Morgan fingerprint density at radius 2 is 2.06 bits per heavy atom. The lowest BCUT2D eigenvalue weighted by Crippen LogP contribution is -2.20. The number of carbonyl (C=O) groups is 1. The van der Waals surface area contributed by atoms with Crippen LogP contribution in [0.25, 0.3) is 0 Å². The van der Waals surface area contributed by atoms with Gasteiger partial charge in [-0.3, -0.25) is 4.79 Å². The monoisotopic (exact) mass is 219 g/mol. The molecule has 2 rings (SSSR count). The molecule has 1 aromatic rings. The molecule has 0 aliphatic heterocycles. The summed E-state index contributed by atoms with van der Waals surface area (Å²) in [6.45, 7) is 3.02. The van der Waals surface area contributed by atoms with Crippen molar-refractivity contribution < 1.29 is 9.53 Å². The standard InChI is InChI=1S/C13H17NO2/c1-13(7-8-13)10-16-9-12(15)14-11-5-3-2-4-6-11/h2-6H,7-10H2,1H3,(H,14,15). The minimum atomic E-state index is -0.0875. The molecule has 0 unspecified atom stereocenters. The van der Waals surface area contributed by atoms with E-state index in [1.54, 1.807) is 0 Å². The minimum Gasteiger partial charge on any atom is -0.371 e. The third-order valence-electron chi connectivity index (χ3n) is 2.84. The van der Waals surface area contributed by atoms with Gasteiger partial charge in [-0.2, -0.15) is 0 Å². The number of ether oxygens (including phenoxy) is 1. The molecule has 0 aromatic heterocycles. The molecule has 0 atom stereocenters. The molecular weight excluding hydrogens is 202 g/mol. The van der Waals surface area contributed by atoms with Crippen molar-refractivity contribution in [3.05, 3.63) is 30.3 Å². The molecule has 1 amide bonds. The summed E-state index contributed by atoms with van der Waals surface area (Å²) in [5.41, 5.74) is 1.15. The molecule has 1 aliphatic carbocycles. The summed E-state index contributed by atoms with van der Waals surface area (Å²) in [4.78, 5) is 11.5. The highest BCUT2D eigenvalue weighted by atomic mass is 16.5. The number of nitrogens with one attached hydrogen (secondary N) is 1. The Balaban J connectivity index is 1.68. The second kappa shape index (κ2) is 4.66. The largest absolute Gasteiger partial charge is 0.371 e. The van der Waals surface area contributed by atoms with Crippen LogP contribution in [0.15, 0.2) is 30.3 Å². The highest BCUT2D eigenvalue weighted by Crippen LogP contribution is 2.44. The SMILES string of the molecule is CC1(COCC(=O)Nc2ccccc2)CC1. The molecule has 86 valence electrons. The van der Waals surface area contributed by atoms with Crippen LogP contribution in [0.2, 0.25) is 0 Å². The van der Waals surface area contributed by atoms with Gasteiger partial charge in [0, 0.05) is 5.69 Å². The van der Waals surface area contributed by atoms with Crippen molar-refractivity contribution in [3.63, 3.8) is 0 Å². The van der Waals surface area contributed by atoms with Crippen molar-refractivity contribution in [1.29, 1.82) is 0 Å². The molecule has 0 saturated heterocycles. The van der Waals surface area contributed by atoms with Gasteiger partial charge < -0.3 is 10.1 Å². The van der Waals surface area contributed by atoms with Gasteiger partial charge in [0.25, 0.3) is 0 Å². The first kappa shape index (κ1) is 11.1. The Morgan fingerprint density at radius 1 is 1.38 bits per heavy atom. The fourth-order valence-corrected chi connectivity index (χ4v) is 1.47. The van der Waals surface area contributed by atoms with Gasteiger partial charge in [0.15, 0.2) is 0 Å². The number of para-hydroxylation sites is 1. The van der Waals surface area contributed by atoms with Crippen LogP contribution in [0.1, 0.15) is 19.8 Å². The first-order valence-electron chi connectivity index (χ1n) is 5.61. The average Bonchev–Trinajstić information content (AvgIpc) is 2.98. The first-order valence-corrected chi connectivity index (χ1v) is 5.61. The van der Waals surface area contributed by atoms with E-state index in [4.69, 9.17) is 4.74 Å². The van der Waals surface area contributed by atoms with E-state index < -0.39 is 0 Å². The third-order valence-corrected chi connectivity index (χ3v) is 2.84. The Morgan fingerprint density at radius 3 is 2.69 bits per heavy atom. The lowest BCUT2D eigenvalue weighted by Gasteiger charge is -2.09. The van der Waals surface area contributed by atoms with Crippen molar-refractivity contribution in [1.82, 2.24) is 0 Å². The number of rotatable bonds is 5. The van der Waals surface area contributed by atoms with Crippen molar-refractivity contribution in [3.8, 4) is 0 Å². The molecule has 0 heterocycles. The molecule has 1 aliphatic rings. The third kappa shape index (κ3) is 3.35. The zero-order chi connectivity index (χ0) is 11.4. The number of hydrogen-bond acceptors (Lipinski definition) is 2. The van der Waals surface area contributed by atoms with Crippen molar-refractivity contribution in [2.24, 2.45) is 5.41 Å². The van der Waals surface area contributed by atoms with Gasteiger partial charge in [0.1, 0.15) is 6.61 Å². The average molecular weight is 219 g/mol. The first-order chi connectivity index (χ1) is 7.68. The molecule has 3 nitrogen and oxygen atoms in total. The van der Waals surface area contributed by atoms with E-state index in [2.05, 4.69) is 12.2 Å². The summed E-state index contributed by atoms with van der Waals surface area (Å²) in [6.07, 6.45) is 2.43. The lowest BCUT2D eigenvalue weighted by molar-refractivity contribution is -0.121. The quantitative estimate of drug-likeness (QED) is 0.826. The molecule has 16 heavy (non-hydrogen) atoms. The normalized spacial score (nSPS) is 16.8. The summed E-state index contributed by atoms with van der Waals surface area (Å²) in [6, 6.07) is 9.42. The maximum Gasteiger partial charge on any atom is 0.250 e.